The van der Waals surface area contributed by atoms with Crippen molar-refractivity contribution in [3.8, 4) is 0 Å². The highest BCUT2D eigenvalue weighted by Gasteiger charge is 2.21. The van der Waals surface area contributed by atoms with Crippen molar-refractivity contribution in [2.75, 3.05) is 5.32 Å². The molecule has 1 aromatic carbocycles. The van der Waals surface area contributed by atoms with Crippen LogP contribution < -0.4 is 5.32 Å². The normalized spacial score (nSPS) is 11.6. The maximum Gasteiger partial charge on any atom is 0.264 e. The molecule has 3 aromatic heterocycles. The van der Waals surface area contributed by atoms with E-state index in [-0.39, 0.29) is 29.0 Å². The molecule has 0 saturated heterocycles. The molecule has 0 saturated carbocycles. The summed E-state index contributed by atoms with van der Waals surface area (Å²) >= 11 is 12.1. The molecular weight excluding hydrogens is 485 g/mol. The largest absolute Gasteiger partial charge is 0.321 e. The smallest absolute Gasteiger partial charge is 0.264 e. The van der Waals surface area contributed by atoms with Gasteiger partial charge in [0, 0.05) is 11.3 Å². The number of rotatable bonds is 6. The van der Waals surface area contributed by atoms with Crippen molar-refractivity contribution >= 4 is 45.8 Å². The Morgan fingerprint density at radius 2 is 1.74 bits per heavy atom. The highest BCUT2D eigenvalue weighted by atomic mass is 35.5. The first kappa shape index (κ1) is 24.1. The van der Waals surface area contributed by atoms with Crippen LogP contribution in [0.2, 0.25) is 10.0 Å². The number of pyridine rings is 1. The van der Waals surface area contributed by atoms with Crippen LogP contribution in [0.3, 0.4) is 0 Å². The maximum absolute atomic E-state index is 13.5. The zero-order chi connectivity index (χ0) is 24.7. The number of benzene rings is 1. The molecule has 4 aromatic rings. The number of aromatic nitrogens is 5. The van der Waals surface area contributed by atoms with E-state index in [9.17, 15) is 13.6 Å². The fourth-order valence-corrected chi connectivity index (χ4v) is 4.28. The Balaban J connectivity index is 1.57. The summed E-state index contributed by atoms with van der Waals surface area (Å²) in [6.45, 7) is 7.16. The van der Waals surface area contributed by atoms with Gasteiger partial charge in [0.2, 0.25) is 5.91 Å². The van der Waals surface area contributed by atoms with Crippen molar-refractivity contribution in [1.82, 2.24) is 24.5 Å². The van der Waals surface area contributed by atoms with Gasteiger partial charge in [-0.1, -0.05) is 29.3 Å². The second-order valence-electron chi connectivity index (χ2n) is 8.10. The van der Waals surface area contributed by atoms with Crippen LogP contribution in [0.1, 0.15) is 40.3 Å². The highest BCUT2D eigenvalue weighted by molar-refractivity contribution is 6.42. The minimum absolute atomic E-state index is 0.137. The van der Waals surface area contributed by atoms with Crippen LogP contribution >= 0.6 is 23.2 Å². The number of fused-ring (bicyclic) bond motifs is 1. The van der Waals surface area contributed by atoms with Crippen molar-refractivity contribution in [1.29, 1.82) is 0 Å². The molecule has 0 spiro atoms. The Bertz CT molecular complexity index is 1410. The summed E-state index contributed by atoms with van der Waals surface area (Å²) in [6, 6.07) is 6.70. The van der Waals surface area contributed by atoms with E-state index >= 15 is 0 Å². The summed E-state index contributed by atoms with van der Waals surface area (Å²) in [5.41, 5.74) is 3.83. The molecule has 0 fully saturated rings. The van der Waals surface area contributed by atoms with Gasteiger partial charge in [-0.25, -0.2) is 18.4 Å². The number of nitrogens with one attached hydrogen (secondary N) is 1. The van der Waals surface area contributed by atoms with Crippen molar-refractivity contribution in [2.24, 2.45) is 0 Å². The van der Waals surface area contributed by atoms with Gasteiger partial charge in [0.05, 0.1) is 44.7 Å². The van der Waals surface area contributed by atoms with Gasteiger partial charge in [-0.2, -0.15) is 10.2 Å². The quantitative estimate of drug-likeness (QED) is 0.358. The van der Waals surface area contributed by atoms with E-state index in [1.165, 1.54) is 10.7 Å². The zero-order valence-corrected chi connectivity index (χ0v) is 20.5. The number of alkyl halides is 2. The Morgan fingerprint density at radius 1 is 1.03 bits per heavy atom. The Kier molecular flexibility index (Phi) is 6.60. The lowest BCUT2D eigenvalue weighted by Gasteiger charge is -2.09. The third-order valence-corrected chi connectivity index (χ3v) is 6.27. The summed E-state index contributed by atoms with van der Waals surface area (Å²) in [5, 5.41) is 12.9. The molecule has 1 amide bonds. The van der Waals surface area contributed by atoms with E-state index in [0.29, 0.717) is 39.4 Å². The first-order valence-electron chi connectivity index (χ1n) is 10.5. The summed E-state index contributed by atoms with van der Waals surface area (Å²) in [7, 11) is 0. The molecule has 11 heteroatoms. The third kappa shape index (κ3) is 4.63. The Hall–Kier alpha value is -3.04. The minimum atomic E-state index is -2.67. The number of amides is 1. The molecule has 34 heavy (non-hydrogen) atoms. The van der Waals surface area contributed by atoms with E-state index < -0.39 is 6.43 Å². The molecule has 0 unspecified atom stereocenters. The number of anilines is 1. The number of aryl methyl sites for hydroxylation is 3. The van der Waals surface area contributed by atoms with E-state index in [4.69, 9.17) is 23.2 Å². The molecular formula is C23H22Cl2F2N6O. The average Bonchev–Trinajstić information content (AvgIpc) is 3.20. The summed E-state index contributed by atoms with van der Waals surface area (Å²) < 4.78 is 30.2. The number of nitrogens with zero attached hydrogens (tertiary/aromatic N) is 5. The van der Waals surface area contributed by atoms with E-state index in [1.54, 1.807) is 37.6 Å². The van der Waals surface area contributed by atoms with Gasteiger partial charge in [-0.15, -0.1) is 0 Å². The van der Waals surface area contributed by atoms with Gasteiger partial charge in [0.15, 0.2) is 5.65 Å². The lowest BCUT2D eigenvalue weighted by atomic mass is 10.1. The zero-order valence-electron chi connectivity index (χ0n) is 19.0. The molecule has 0 radical (unpaired) electrons. The van der Waals surface area contributed by atoms with Crippen molar-refractivity contribution in [3.63, 3.8) is 0 Å². The predicted molar refractivity (Wildman–Crippen MR) is 128 cm³/mol. The molecule has 7 nitrogen and oxygen atoms in total. The van der Waals surface area contributed by atoms with Gasteiger partial charge in [0.1, 0.15) is 6.54 Å². The summed E-state index contributed by atoms with van der Waals surface area (Å²) in [5.74, 6) is -0.369. The van der Waals surface area contributed by atoms with Crippen molar-refractivity contribution in [2.45, 2.75) is 47.2 Å². The molecule has 0 atom stereocenters. The number of carbonyl (C=O) groups excluding carboxylic acids is 1. The fourth-order valence-electron chi connectivity index (χ4n) is 3.96. The number of hydrogen-bond donors (Lipinski definition) is 1. The van der Waals surface area contributed by atoms with Crippen LogP contribution in [0.25, 0.3) is 11.0 Å². The Labute approximate surface area is 204 Å². The van der Waals surface area contributed by atoms with Crippen molar-refractivity contribution in [3.05, 3.63) is 68.2 Å². The molecule has 0 aliphatic heterocycles. The standard InChI is InChI=1S/C23H22Cl2F2N6O/c1-11-7-16(22(26)27)20-12(2)30-33(23(20)28-11)10-19(34)29-21-13(3)31-32(14(21)4)9-15-5-6-17(24)18(25)8-15/h5-8,22H,9-10H2,1-4H3,(H,29,34). The average molecular weight is 507 g/mol. The second-order valence-corrected chi connectivity index (χ2v) is 8.91. The fraction of sp³-hybridized carbons (Fsp3) is 0.304. The summed E-state index contributed by atoms with van der Waals surface area (Å²) in [6.07, 6.45) is -2.67. The van der Waals surface area contributed by atoms with E-state index in [1.807, 2.05) is 13.0 Å². The monoisotopic (exact) mass is 506 g/mol. The maximum atomic E-state index is 13.5. The second kappa shape index (κ2) is 9.31. The molecule has 0 aliphatic carbocycles. The predicted octanol–water partition coefficient (Wildman–Crippen LogP) is 5.79. The van der Waals surface area contributed by atoms with Gasteiger partial charge in [-0.3, -0.25) is 9.48 Å². The molecule has 3 heterocycles. The number of hydrogen-bond acceptors (Lipinski definition) is 4. The van der Waals surface area contributed by atoms with Crippen molar-refractivity contribution < 1.29 is 13.6 Å². The van der Waals surface area contributed by atoms with Gasteiger partial charge < -0.3 is 5.32 Å². The number of halogens is 4. The van der Waals surface area contributed by atoms with Gasteiger partial charge in [-0.05, 0) is 51.5 Å². The molecule has 1 N–H and O–H groups in total. The van der Waals surface area contributed by atoms with Gasteiger partial charge >= 0.3 is 0 Å². The van der Waals surface area contributed by atoms with Crippen LogP contribution in [0, 0.1) is 27.7 Å². The lowest BCUT2D eigenvalue weighted by molar-refractivity contribution is -0.116. The summed E-state index contributed by atoms with van der Waals surface area (Å²) in [4.78, 5) is 17.2. The SMILES string of the molecule is Cc1cc(C(F)F)c2c(C)nn(CC(=O)Nc3c(C)nn(Cc4ccc(Cl)c(Cl)c4)c3C)c2n1. The highest BCUT2D eigenvalue weighted by Crippen LogP contribution is 2.30. The van der Waals surface area contributed by atoms with Crippen LogP contribution in [-0.4, -0.2) is 30.5 Å². The first-order chi connectivity index (χ1) is 16.0. The van der Waals surface area contributed by atoms with Gasteiger partial charge in [0.25, 0.3) is 6.43 Å². The van der Waals surface area contributed by atoms with Crippen LogP contribution in [0.4, 0.5) is 14.5 Å². The van der Waals surface area contributed by atoms with Crippen LogP contribution in [0.5, 0.6) is 0 Å². The number of carbonyl (C=O) groups is 1. The molecule has 0 aliphatic rings. The third-order valence-electron chi connectivity index (χ3n) is 5.53. The first-order valence-corrected chi connectivity index (χ1v) is 11.2. The van der Waals surface area contributed by atoms with Crippen LogP contribution in [-0.2, 0) is 17.9 Å². The van der Waals surface area contributed by atoms with E-state index in [0.717, 1.165) is 11.3 Å². The minimum Gasteiger partial charge on any atom is -0.321 e. The molecule has 178 valence electrons. The van der Waals surface area contributed by atoms with E-state index in [2.05, 4.69) is 20.5 Å². The topological polar surface area (TPSA) is 77.6 Å². The Morgan fingerprint density at radius 3 is 2.41 bits per heavy atom. The van der Waals surface area contributed by atoms with Crippen LogP contribution in [0.15, 0.2) is 24.3 Å². The molecule has 4 rings (SSSR count). The molecule has 0 bridgehead atoms. The lowest BCUT2D eigenvalue weighted by Crippen LogP contribution is -2.20.